The van der Waals surface area contributed by atoms with Crippen LogP contribution < -0.4 is 0 Å². The van der Waals surface area contributed by atoms with E-state index < -0.39 is 0 Å². The molecule has 0 amide bonds. The molecule has 0 heteroatoms. The molecule has 13 heavy (non-hydrogen) atoms. The molecule has 0 nitrogen and oxygen atoms in total. The van der Waals surface area contributed by atoms with Crippen LogP contribution in [-0.2, 0) is 0 Å². The van der Waals surface area contributed by atoms with Gasteiger partial charge < -0.3 is 0 Å². The highest BCUT2D eigenvalue weighted by Crippen LogP contribution is 2.26. The zero-order valence-corrected chi connectivity index (χ0v) is 8.47. The van der Waals surface area contributed by atoms with Crippen molar-refractivity contribution in [3.63, 3.8) is 0 Å². The Hall–Kier alpha value is -0.780. The lowest BCUT2D eigenvalue weighted by Crippen LogP contribution is -2.03. The lowest BCUT2D eigenvalue weighted by atomic mass is 9.87. The maximum Gasteiger partial charge on any atom is -0.0103 e. The fourth-order valence-corrected chi connectivity index (χ4v) is 1.99. The maximum atomic E-state index is 3.83. The normalized spacial score (nSPS) is 19.8. The van der Waals surface area contributed by atoms with Gasteiger partial charge in [0.05, 0.1) is 0 Å². The van der Waals surface area contributed by atoms with Gasteiger partial charge in [-0.2, -0.15) is 0 Å². The van der Waals surface area contributed by atoms with Crippen molar-refractivity contribution in [2.75, 3.05) is 0 Å². The lowest BCUT2D eigenvalue weighted by molar-refractivity contribution is 0.418. The average Bonchev–Trinajstić information content (AvgIpc) is 2.19. The van der Waals surface area contributed by atoms with Crippen molar-refractivity contribution in [1.82, 2.24) is 0 Å². The molecule has 0 bridgehead atoms. The summed E-state index contributed by atoms with van der Waals surface area (Å²) in [4.78, 5) is 0. The Balaban J connectivity index is 2.48. The van der Waals surface area contributed by atoms with Crippen molar-refractivity contribution >= 4 is 0 Å². The van der Waals surface area contributed by atoms with E-state index in [2.05, 4.69) is 19.2 Å². The Kier molecular flexibility index (Phi) is 4.59. The van der Waals surface area contributed by atoms with E-state index in [4.69, 9.17) is 0 Å². The summed E-state index contributed by atoms with van der Waals surface area (Å²) in [6.45, 7) is 7.58. The summed E-state index contributed by atoms with van der Waals surface area (Å²) < 4.78 is 0. The molecule has 1 saturated carbocycles. The molecule has 0 unspecified atom stereocenters. The Labute approximate surface area is 82.0 Å². The molecule has 0 aromatic rings. The zero-order chi connectivity index (χ0) is 9.52. The predicted octanol–water partition coefficient (Wildman–Crippen LogP) is 4.26. The molecule has 0 saturated heterocycles. The van der Waals surface area contributed by atoms with Crippen LogP contribution in [0, 0.1) is 5.92 Å². The summed E-state index contributed by atoms with van der Waals surface area (Å²) in [6.07, 6.45) is 14.3. The number of rotatable bonds is 4. The number of hydrogen-bond donors (Lipinski definition) is 0. The van der Waals surface area contributed by atoms with Crippen LogP contribution in [-0.4, -0.2) is 0 Å². The van der Waals surface area contributed by atoms with E-state index >= 15 is 0 Å². The Morgan fingerprint density at radius 3 is 2.38 bits per heavy atom. The maximum absolute atomic E-state index is 3.83. The van der Waals surface area contributed by atoms with E-state index in [1.54, 1.807) is 0 Å². The Morgan fingerprint density at radius 2 is 1.85 bits per heavy atom. The first-order chi connectivity index (χ1) is 6.36. The molecule has 72 valence electrons. The van der Waals surface area contributed by atoms with Crippen LogP contribution in [0.15, 0.2) is 37.0 Å². The molecular formula is C13H20. The summed E-state index contributed by atoms with van der Waals surface area (Å²) in [5.41, 5.74) is 1.35. The molecule has 0 aliphatic heterocycles. The van der Waals surface area contributed by atoms with Crippen molar-refractivity contribution in [1.29, 1.82) is 0 Å². The van der Waals surface area contributed by atoms with Gasteiger partial charge in [-0.3, -0.25) is 0 Å². The second kappa shape index (κ2) is 5.80. The van der Waals surface area contributed by atoms with E-state index in [1.165, 1.54) is 37.7 Å². The minimum Gasteiger partial charge on any atom is -0.103 e. The quantitative estimate of drug-likeness (QED) is 0.443. The van der Waals surface area contributed by atoms with Gasteiger partial charge in [-0.25, -0.2) is 0 Å². The smallest absolute Gasteiger partial charge is 0.0103 e. The topological polar surface area (TPSA) is 0 Å². The third-order valence-electron chi connectivity index (χ3n) is 2.74. The highest BCUT2D eigenvalue weighted by molar-refractivity contribution is 5.19. The van der Waals surface area contributed by atoms with Crippen LogP contribution in [0.25, 0.3) is 0 Å². The molecule has 0 aromatic carbocycles. The third kappa shape index (κ3) is 3.63. The van der Waals surface area contributed by atoms with Crippen molar-refractivity contribution < 1.29 is 0 Å². The van der Waals surface area contributed by atoms with Gasteiger partial charge in [-0.15, -0.1) is 6.58 Å². The molecule has 0 spiro atoms. The highest BCUT2D eigenvalue weighted by Gasteiger charge is 2.10. The van der Waals surface area contributed by atoms with Crippen LogP contribution in [0.2, 0.25) is 0 Å². The van der Waals surface area contributed by atoms with Crippen molar-refractivity contribution in [3.05, 3.63) is 37.0 Å². The summed E-state index contributed by atoms with van der Waals surface area (Å²) >= 11 is 0. The van der Waals surface area contributed by atoms with Crippen molar-refractivity contribution in [2.24, 2.45) is 5.92 Å². The molecule has 0 aromatic heterocycles. The van der Waals surface area contributed by atoms with Gasteiger partial charge in [0.25, 0.3) is 0 Å². The van der Waals surface area contributed by atoms with E-state index in [0.29, 0.717) is 0 Å². The van der Waals surface area contributed by atoms with Crippen LogP contribution in [0.5, 0.6) is 0 Å². The molecule has 1 aliphatic rings. The van der Waals surface area contributed by atoms with E-state index in [1.807, 2.05) is 12.2 Å². The van der Waals surface area contributed by atoms with Crippen LogP contribution in [0.1, 0.15) is 38.5 Å². The lowest BCUT2D eigenvalue weighted by Gasteiger charge is -2.18. The Bertz CT molecular complexity index is 192. The Morgan fingerprint density at radius 1 is 1.15 bits per heavy atom. The molecular weight excluding hydrogens is 156 g/mol. The monoisotopic (exact) mass is 176 g/mol. The second-order valence-electron chi connectivity index (χ2n) is 3.84. The minimum absolute atomic E-state index is 0.807. The number of allylic oxidation sites excluding steroid dienone is 4. The summed E-state index contributed by atoms with van der Waals surface area (Å²) in [5.74, 6) is 0.807. The largest absolute Gasteiger partial charge is 0.103 e. The van der Waals surface area contributed by atoms with E-state index in [9.17, 15) is 0 Å². The van der Waals surface area contributed by atoms with Gasteiger partial charge >= 0.3 is 0 Å². The fourth-order valence-electron chi connectivity index (χ4n) is 1.99. The van der Waals surface area contributed by atoms with Crippen LogP contribution in [0.4, 0.5) is 0 Å². The molecule has 0 heterocycles. The predicted molar refractivity (Wildman–Crippen MR) is 59.7 cm³/mol. The average molecular weight is 176 g/mol. The minimum atomic E-state index is 0.807. The molecule has 0 N–H and O–H groups in total. The first kappa shape index (κ1) is 10.3. The standard InChI is InChI=1S/C13H20/c1-3-8-12(4-2)11-13-9-6-5-7-10-13/h3-4,11,13H,1-2,5-10H2/b12-11-. The summed E-state index contributed by atoms with van der Waals surface area (Å²) in [5, 5.41) is 0. The van der Waals surface area contributed by atoms with E-state index in [0.717, 1.165) is 12.3 Å². The molecule has 1 rings (SSSR count). The third-order valence-corrected chi connectivity index (χ3v) is 2.74. The second-order valence-corrected chi connectivity index (χ2v) is 3.84. The fraction of sp³-hybridized carbons (Fsp3) is 0.538. The van der Waals surface area contributed by atoms with Gasteiger partial charge in [0.1, 0.15) is 0 Å². The van der Waals surface area contributed by atoms with Gasteiger partial charge in [0, 0.05) is 0 Å². The van der Waals surface area contributed by atoms with Crippen LogP contribution >= 0.6 is 0 Å². The molecule has 1 fully saturated rings. The number of hydrogen-bond acceptors (Lipinski definition) is 0. The zero-order valence-electron chi connectivity index (χ0n) is 8.47. The molecule has 1 aliphatic carbocycles. The van der Waals surface area contributed by atoms with Gasteiger partial charge in [-0.05, 0) is 30.8 Å². The van der Waals surface area contributed by atoms with Crippen molar-refractivity contribution in [3.8, 4) is 0 Å². The van der Waals surface area contributed by atoms with E-state index in [-0.39, 0.29) is 0 Å². The van der Waals surface area contributed by atoms with Crippen molar-refractivity contribution in [2.45, 2.75) is 38.5 Å². The van der Waals surface area contributed by atoms with Gasteiger partial charge in [0.2, 0.25) is 0 Å². The van der Waals surface area contributed by atoms with Gasteiger partial charge in [0.15, 0.2) is 0 Å². The first-order valence-corrected chi connectivity index (χ1v) is 5.31. The summed E-state index contributed by atoms with van der Waals surface area (Å²) in [7, 11) is 0. The first-order valence-electron chi connectivity index (χ1n) is 5.31. The molecule has 0 radical (unpaired) electrons. The molecule has 0 atom stereocenters. The highest BCUT2D eigenvalue weighted by atomic mass is 14.2. The summed E-state index contributed by atoms with van der Waals surface area (Å²) in [6, 6.07) is 0. The van der Waals surface area contributed by atoms with Crippen LogP contribution in [0.3, 0.4) is 0 Å². The SMILES string of the molecule is C=CC/C(C=C)=C\C1CCCCC1. The van der Waals surface area contributed by atoms with Gasteiger partial charge in [-0.1, -0.05) is 44.1 Å².